The van der Waals surface area contributed by atoms with Gasteiger partial charge in [0.2, 0.25) is 21.8 Å². The number of carbonyl (C=O) groups excluding carboxylic acids is 2. The molecular weight excluding hydrogens is 414 g/mol. The maximum atomic E-state index is 13.1. The molecule has 0 unspecified atom stereocenters. The number of hydrogen-bond acceptors (Lipinski definition) is 4. The van der Waals surface area contributed by atoms with Crippen molar-refractivity contribution in [2.24, 2.45) is 0 Å². The van der Waals surface area contributed by atoms with Gasteiger partial charge in [0, 0.05) is 26.6 Å². The van der Waals surface area contributed by atoms with Crippen LogP contribution in [0, 0.1) is 6.92 Å². The second-order valence-corrected chi connectivity index (χ2v) is 9.42. The number of nitrogens with zero attached hydrogens (tertiary/aromatic N) is 2. The maximum Gasteiger partial charge on any atom is 0.242 e. The molecule has 0 saturated carbocycles. The van der Waals surface area contributed by atoms with Crippen LogP contribution < -0.4 is 9.62 Å². The Labute approximate surface area is 185 Å². The largest absolute Gasteiger partial charge is 0.357 e. The minimum atomic E-state index is -3.48. The molecule has 0 spiro atoms. The smallest absolute Gasteiger partial charge is 0.242 e. The molecule has 0 saturated heterocycles. The number of benzene rings is 2. The Bertz CT molecular complexity index is 993. The van der Waals surface area contributed by atoms with Crippen molar-refractivity contribution < 1.29 is 18.0 Å². The number of anilines is 1. The predicted octanol–water partition coefficient (Wildman–Crippen LogP) is 2.70. The van der Waals surface area contributed by atoms with E-state index in [1.807, 2.05) is 37.3 Å². The Kier molecular flexibility index (Phi) is 8.62. The number of amides is 2. The van der Waals surface area contributed by atoms with E-state index in [9.17, 15) is 18.0 Å². The van der Waals surface area contributed by atoms with Crippen LogP contribution in [0.3, 0.4) is 0 Å². The molecule has 0 aromatic heterocycles. The molecule has 2 amide bonds. The highest BCUT2D eigenvalue weighted by Crippen LogP contribution is 2.19. The van der Waals surface area contributed by atoms with E-state index < -0.39 is 16.1 Å². The van der Waals surface area contributed by atoms with Crippen LogP contribution in [0.4, 0.5) is 5.69 Å². The molecule has 1 atom stereocenters. The van der Waals surface area contributed by atoms with Gasteiger partial charge in [-0.25, -0.2) is 8.42 Å². The first-order valence-electron chi connectivity index (χ1n) is 10.2. The van der Waals surface area contributed by atoms with Crippen molar-refractivity contribution in [3.05, 3.63) is 65.7 Å². The quantitative estimate of drug-likeness (QED) is 0.609. The molecule has 0 aliphatic rings. The summed E-state index contributed by atoms with van der Waals surface area (Å²) in [6.45, 7) is 4.16. The van der Waals surface area contributed by atoms with E-state index in [0.29, 0.717) is 18.7 Å². The highest BCUT2D eigenvalue weighted by Gasteiger charge is 2.26. The average Bonchev–Trinajstić information content (AvgIpc) is 2.74. The summed E-state index contributed by atoms with van der Waals surface area (Å²) in [5.41, 5.74) is 2.57. The van der Waals surface area contributed by atoms with Crippen LogP contribution in [-0.2, 0) is 26.2 Å². The zero-order valence-corrected chi connectivity index (χ0v) is 19.4. The summed E-state index contributed by atoms with van der Waals surface area (Å²) in [6, 6.07) is 15.9. The second kappa shape index (κ2) is 10.9. The van der Waals surface area contributed by atoms with Gasteiger partial charge >= 0.3 is 0 Å². The Hall–Kier alpha value is -2.87. The molecule has 2 aromatic rings. The fourth-order valence-electron chi connectivity index (χ4n) is 3.36. The lowest BCUT2D eigenvalue weighted by Gasteiger charge is -2.29. The normalized spacial score (nSPS) is 12.1. The summed E-state index contributed by atoms with van der Waals surface area (Å²) >= 11 is 0. The molecule has 0 radical (unpaired) electrons. The van der Waals surface area contributed by atoms with Crippen LogP contribution in [-0.4, -0.2) is 51.0 Å². The third-order valence-corrected chi connectivity index (χ3v) is 6.41. The van der Waals surface area contributed by atoms with E-state index >= 15 is 0 Å². The van der Waals surface area contributed by atoms with Gasteiger partial charge in [-0.1, -0.05) is 42.5 Å². The lowest BCUT2D eigenvalue weighted by Crippen LogP contribution is -2.47. The molecular formula is C23H31N3O4S. The predicted molar refractivity (Wildman–Crippen MR) is 123 cm³/mol. The number of nitrogens with one attached hydrogen (secondary N) is 1. The van der Waals surface area contributed by atoms with E-state index in [-0.39, 0.29) is 24.8 Å². The molecule has 1 N–H and O–H groups in total. The van der Waals surface area contributed by atoms with Gasteiger partial charge in [-0.2, -0.15) is 0 Å². The van der Waals surface area contributed by atoms with E-state index in [0.717, 1.165) is 17.4 Å². The Morgan fingerprint density at radius 2 is 1.65 bits per heavy atom. The van der Waals surface area contributed by atoms with Gasteiger partial charge in [0.1, 0.15) is 6.04 Å². The minimum absolute atomic E-state index is 0.131. The molecule has 0 bridgehead atoms. The molecule has 2 aromatic carbocycles. The van der Waals surface area contributed by atoms with E-state index in [1.54, 1.807) is 43.1 Å². The Morgan fingerprint density at radius 3 is 2.23 bits per heavy atom. The molecule has 0 aliphatic carbocycles. The molecule has 7 nitrogen and oxygen atoms in total. The fraction of sp³-hybridized carbons (Fsp3) is 0.391. The first-order valence-corrected chi connectivity index (χ1v) is 12.1. The number of rotatable bonds is 10. The van der Waals surface area contributed by atoms with Crippen LogP contribution >= 0.6 is 0 Å². The summed E-state index contributed by atoms with van der Waals surface area (Å²) in [7, 11) is -1.94. The van der Waals surface area contributed by atoms with Crippen molar-refractivity contribution in [3.63, 3.8) is 0 Å². The van der Waals surface area contributed by atoms with Gasteiger partial charge in [0.15, 0.2) is 0 Å². The van der Waals surface area contributed by atoms with Gasteiger partial charge < -0.3 is 10.2 Å². The minimum Gasteiger partial charge on any atom is -0.357 e. The van der Waals surface area contributed by atoms with E-state index in [4.69, 9.17) is 0 Å². The molecule has 31 heavy (non-hydrogen) atoms. The number of para-hydroxylation sites is 1. The van der Waals surface area contributed by atoms with Crippen molar-refractivity contribution in [2.75, 3.05) is 24.2 Å². The second-order valence-electron chi connectivity index (χ2n) is 7.51. The number of carbonyl (C=O) groups is 2. The van der Waals surface area contributed by atoms with Crippen LogP contribution in [0.1, 0.15) is 30.9 Å². The average molecular weight is 446 g/mol. The van der Waals surface area contributed by atoms with Crippen LogP contribution in [0.5, 0.6) is 0 Å². The summed E-state index contributed by atoms with van der Waals surface area (Å²) < 4.78 is 25.8. The summed E-state index contributed by atoms with van der Waals surface area (Å²) in [5, 5.41) is 2.60. The number of sulfonamides is 1. The summed E-state index contributed by atoms with van der Waals surface area (Å²) in [6.07, 6.45) is 1.62. The van der Waals surface area contributed by atoms with E-state index in [1.165, 1.54) is 4.31 Å². The van der Waals surface area contributed by atoms with Gasteiger partial charge in [-0.05, 0) is 43.5 Å². The SMILES string of the molecule is CNC(=O)[C@H](C)N(Cc1ccccc1C)C(=O)CCCN(c1ccccc1)S(C)(=O)=O. The third kappa shape index (κ3) is 6.82. The summed E-state index contributed by atoms with van der Waals surface area (Å²) in [4.78, 5) is 26.9. The maximum absolute atomic E-state index is 13.1. The van der Waals surface area contributed by atoms with Crippen LogP contribution in [0.25, 0.3) is 0 Å². The summed E-state index contributed by atoms with van der Waals surface area (Å²) in [5.74, 6) is -0.440. The van der Waals surface area contributed by atoms with Crippen LogP contribution in [0.15, 0.2) is 54.6 Å². The fourth-order valence-corrected chi connectivity index (χ4v) is 4.33. The Balaban J connectivity index is 2.13. The molecule has 0 aliphatic heterocycles. The standard InChI is InChI=1S/C23H31N3O4S/c1-18-11-8-9-12-20(18)17-25(19(2)23(28)24-3)22(27)15-10-16-26(31(4,29)30)21-13-6-5-7-14-21/h5-9,11-14,19H,10,15-17H2,1-4H3,(H,24,28)/t19-/m0/s1. The van der Waals surface area contributed by atoms with Gasteiger partial charge in [-0.15, -0.1) is 0 Å². The van der Waals surface area contributed by atoms with Gasteiger partial charge in [-0.3, -0.25) is 13.9 Å². The zero-order valence-electron chi connectivity index (χ0n) is 18.5. The lowest BCUT2D eigenvalue weighted by molar-refractivity contribution is -0.140. The number of hydrogen-bond donors (Lipinski definition) is 1. The van der Waals surface area contributed by atoms with Gasteiger partial charge in [0.25, 0.3) is 0 Å². The van der Waals surface area contributed by atoms with E-state index in [2.05, 4.69) is 5.32 Å². The first kappa shape index (κ1) is 24.4. The lowest BCUT2D eigenvalue weighted by atomic mass is 10.1. The first-order chi connectivity index (χ1) is 14.6. The molecule has 2 rings (SSSR count). The van der Waals surface area contributed by atoms with Gasteiger partial charge in [0.05, 0.1) is 11.9 Å². The highest BCUT2D eigenvalue weighted by molar-refractivity contribution is 7.92. The molecule has 168 valence electrons. The third-order valence-electron chi connectivity index (χ3n) is 5.21. The Morgan fingerprint density at radius 1 is 1.03 bits per heavy atom. The zero-order chi connectivity index (χ0) is 23.0. The molecule has 0 fully saturated rings. The molecule has 0 heterocycles. The molecule has 8 heteroatoms. The van der Waals surface area contributed by atoms with Crippen molar-refractivity contribution >= 4 is 27.5 Å². The topological polar surface area (TPSA) is 86.8 Å². The monoisotopic (exact) mass is 445 g/mol. The number of aryl methyl sites for hydroxylation is 1. The van der Waals surface area contributed by atoms with Crippen molar-refractivity contribution in [2.45, 2.75) is 39.3 Å². The van der Waals surface area contributed by atoms with Crippen molar-refractivity contribution in [1.29, 1.82) is 0 Å². The number of likely N-dealkylation sites (N-methyl/N-ethyl adjacent to an activating group) is 1. The highest BCUT2D eigenvalue weighted by atomic mass is 32.2. The van der Waals surface area contributed by atoms with Crippen molar-refractivity contribution in [3.8, 4) is 0 Å². The van der Waals surface area contributed by atoms with Crippen molar-refractivity contribution in [1.82, 2.24) is 10.2 Å². The van der Waals surface area contributed by atoms with Crippen LogP contribution in [0.2, 0.25) is 0 Å².